The molecule has 0 bridgehead atoms. The summed E-state index contributed by atoms with van der Waals surface area (Å²) in [6, 6.07) is 3.71. The molecule has 1 saturated heterocycles. The van der Waals surface area contributed by atoms with Crippen LogP contribution < -0.4 is 0 Å². The van der Waals surface area contributed by atoms with E-state index in [-0.39, 0.29) is 16.5 Å². The van der Waals surface area contributed by atoms with E-state index in [2.05, 4.69) is 11.9 Å². The number of rotatable bonds is 2. The van der Waals surface area contributed by atoms with E-state index in [0.29, 0.717) is 16.5 Å². The van der Waals surface area contributed by atoms with E-state index < -0.39 is 11.6 Å². The maximum atomic E-state index is 13.9. The third kappa shape index (κ3) is 3.13. The number of nitrogens with zero attached hydrogens (tertiary/aromatic N) is 2. The van der Waals surface area contributed by atoms with Crippen LogP contribution in [0.2, 0.25) is 0 Å². The second-order valence-corrected chi connectivity index (χ2v) is 7.00. The van der Waals surface area contributed by atoms with Gasteiger partial charge in [0, 0.05) is 13.1 Å². The predicted molar refractivity (Wildman–Crippen MR) is 86.5 cm³/mol. The molecular formula is C17H18F2N2OS. The summed E-state index contributed by atoms with van der Waals surface area (Å²) in [7, 11) is 0. The van der Waals surface area contributed by atoms with Gasteiger partial charge in [-0.25, -0.2) is 13.8 Å². The Morgan fingerprint density at radius 3 is 2.48 bits per heavy atom. The molecule has 0 spiro atoms. The average molecular weight is 336 g/mol. The molecule has 1 amide bonds. The molecular weight excluding hydrogens is 318 g/mol. The number of thiazole rings is 1. The van der Waals surface area contributed by atoms with Crippen molar-refractivity contribution in [2.45, 2.75) is 26.7 Å². The topological polar surface area (TPSA) is 33.2 Å². The van der Waals surface area contributed by atoms with Gasteiger partial charge in [-0.3, -0.25) is 4.79 Å². The lowest BCUT2D eigenvalue weighted by Crippen LogP contribution is -2.37. The fourth-order valence-electron chi connectivity index (χ4n) is 2.76. The molecule has 0 aliphatic carbocycles. The Bertz CT molecular complexity index is 716. The number of carbonyl (C=O) groups is 1. The second kappa shape index (κ2) is 6.35. The molecule has 1 aromatic carbocycles. The minimum absolute atomic E-state index is 0.0881. The van der Waals surface area contributed by atoms with E-state index >= 15 is 0 Å². The lowest BCUT2D eigenvalue weighted by atomic mass is 9.99. The summed E-state index contributed by atoms with van der Waals surface area (Å²) in [6.45, 7) is 5.33. The Balaban J connectivity index is 1.91. The molecule has 0 radical (unpaired) electrons. The van der Waals surface area contributed by atoms with Crippen molar-refractivity contribution in [1.82, 2.24) is 9.88 Å². The molecule has 3 rings (SSSR count). The molecule has 3 nitrogen and oxygen atoms in total. The van der Waals surface area contributed by atoms with Crippen molar-refractivity contribution in [2.24, 2.45) is 5.92 Å². The van der Waals surface area contributed by atoms with Gasteiger partial charge in [0.15, 0.2) is 0 Å². The van der Waals surface area contributed by atoms with Crippen LogP contribution in [0.1, 0.15) is 35.1 Å². The second-order valence-electron chi connectivity index (χ2n) is 6.00. The highest BCUT2D eigenvalue weighted by molar-refractivity contribution is 7.17. The number of hydrogen-bond acceptors (Lipinski definition) is 3. The number of piperidine rings is 1. The molecule has 0 saturated carbocycles. The number of hydrogen-bond donors (Lipinski definition) is 0. The molecule has 1 aliphatic heterocycles. The number of aromatic nitrogens is 1. The van der Waals surface area contributed by atoms with Crippen LogP contribution >= 0.6 is 11.3 Å². The zero-order valence-electron chi connectivity index (χ0n) is 13.1. The highest BCUT2D eigenvalue weighted by atomic mass is 32.1. The van der Waals surface area contributed by atoms with Crippen molar-refractivity contribution >= 4 is 17.2 Å². The predicted octanol–water partition coefficient (Wildman–Crippen LogP) is 4.27. The van der Waals surface area contributed by atoms with E-state index in [4.69, 9.17) is 0 Å². The Morgan fingerprint density at radius 1 is 1.26 bits per heavy atom. The van der Waals surface area contributed by atoms with Gasteiger partial charge in [0.25, 0.3) is 5.91 Å². The van der Waals surface area contributed by atoms with E-state index in [1.807, 2.05) is 4.90 Å². The molecule has 122 valence electrons. The first kappa shape index (κ1) is 16.1. The number of likely N-dealkylation sites (tertiary alicyclic amines) is 1. The largest absolute Gasteiger partial charge is 0.338 e. The number of benzene rings is 1. The van der Waals surface area contributed by atoms with Gasteiger partial charge < -0.3 is 4.90 Å². The van der Waals surface area contributed by atoms with Crippen LogP contribution in [-0.2, 0) is 0 Å². The molecule has 2 aromatic rings. The summed E-state index contributed by atoms with van der Waals surface area (Å²) in [6.07, 6.45) is 1.97. The minimum atomic E-state index is -0.662. The summed E-state index contributed by atoms with van der Waals surface area (Å²) in [5, 5.41) is 0.215. The van der Waals surface area contributed by atoms with E-state index in [0.717, 1.165) is 37.3 Å². The van der Waals surface area contributed by atoms with Gasteiger partial charge in [-0.2, -0.15) is 0 Å². The number of carbonyl (C=O) groups excluding carboxylic acids is 1. The molecule has 2 heterocycles. The van der Waals surface area contributed by atoms with E-state index in [1.54, 1.807) is 6.92 Å². The Kier molecular flexibility index (Phi) is 4.43. The van der Waals surface area contributed by atoms with Crippen molar-refractivity contribution in [1.29, 1.82) is 0 Å². The quantitative estimate of drug-likeness (QED) is 0.820. The zero-order chi connectivity index (χ0) is 16.6. The number of aryl methyl sites for hydroxylation is 1. The van der Waals surface area contributed by atoms with E-state index in [1.165, 1.54) is 18.2 Å². The molecule has 6 heteroatoms. The van der Waals surface area contributed by atoms with Crippen LogP contribution in [0, 0.1) is 24.5 Å². The minimum Gasteiger partial charge on any atom is -0.338 e. The summed E-state index contributed by atoms with van der Waals surface area (Å²) >= 11 is 1.06. The van der Waals surface area contributed by atoms with Gasteiger partial charge in [0.2, 0.25) is 0 Å². The molecule has 0 unspecified atom stereocenters. The smallest absolute Gasteiger partial charge is 0.265 e. The normalized spacial score (nSPS) is 15.9. The van der Waals surface area contributed by atoms with Crippen LogP contribution in [0.15, 0.2) is 18.2 Å². The average Bonchev–Trinajstić information content (AvgIpc) is 2.89. The van der Waals surface area contributed by atoms with E-state index in [9.17, 15) is 13.6 Å². The van der Waals surface area contributed by atoms with Crippen molar-refractivity contribution < 1.29 is 13.6 Å². The maximum Gasteiger partial charge on any atom is 0.265 e. The molecule has 1 fully saturated rings. The van der Waals surface area contributed by atoms with Crippen LogP contribution in [-0.4, -0.2) is 28.9 Å². The third-order valence-corrected chi connectivity index (χ3v) is 5.40. The number of halogens is 2. The summed E-state index contributed by atoms with van der Waals surface area (Å²) in [5.74, 6) is -0.784. The lowest BCUT2D eigenvalue weighted by Gasteiger charge is -2.30. The summed E-state index contributed by atoms with van der Waals surface area (Å²) in [5.41, 5.74) is 0.364. The van der Waals surface area contributed by atoms with Crippen LogP contribution in [0.4, 0.5) is 8.78 Å². The lowest BCUT2D eigenvalue weighted by molar-refractivity contribution is 0.0701. The van der Waals surface area contributed by atoms with Crippen molar-refractivity contribution in [3.63, 3.8) is 0 Å². The highest BCUT2D eigenvalue weighted by Crippen LogP contribution is 2.33. The molecule has 1 aromatic heterocycles. The molecule has 1 aliphatic rings. The van der Waals surface area contributed by atoms with Crippen molar-refractivity contribution in [3.05, 3.63) is 40.4 Å². The zero-order valence-corrected chi connectivity index (χ0v) is 13.9. The van der Waals surface area contributed by atoms with Gasteiger partial charge >= 0.3 is 0 Å². The molecule has 0 N–H and O–H groups in total. The monoisotopic (exact) mass is 336 g/mol. The fraction of sp³-hybridized carbons (Fsp3) is 0.412. The third-order valence-electron chi connectivity index (χ3n) is 4.24. The van der Waals surface area contributed by atoms with Gasteiger partial charge in [-0.15, -0.1) is 11.3 Å². The summed E-state index contributed by atoms with van der Waals surface area (Å²) in [4.78, 5) is 19.2. The van der Waals surface area contributed by atoms with Gasteiger partial charge in [-0.05, 0) is 37.8 Å². The first-order valence-corrected chi connectivity index (χ1v) is 8.50. The summed E-state index contributed by atoms with van der Waals surface area (Å²) < 4.78 is 27.8. The first-order chi connectivity index (χ1) is 11.0. The Hall–Kier alpha value is -1.82. The Morgan fingerprint density at radius 2 is 1.87 bits per heavy atom. The Labute approximate surface area is 138 Å². The van der Waals surface area contributed by atoms with Gasteiger partial charge in [0.1, 0.15) is 21.5 Å². The van der Waals surface area contributed by atoms with Crippen molar-refractivity contribution in [3.8, 4) is 10.6 Å². The molecule has 23 heavy (non-hydrogen) atoms. The van der Waals surface area contributed by atoms with Crippen LogP contribution in [0.5, 0.6) is 0 Å². The highest BCUT2D eigenvalue weighted by Gasteiger charge is 2.26. The fourth-order valence-corrected chi connectivity index (χ4v) is 3.84. The number of amides is 1. The van der Waals surface area contributed by atoms with Gasteiger partial charge in [-0.1, -0.05) is 13.0 Å². The van der Waals surface area contributed by atoms with Crippen LogP contribution in [0.3, 0.4) is 0 Å². The van der Waals surface area contributed by atoms with Crippen LogP contribution in [0.25, 0.3) is 10.6 Å². The SMILES string of the molecule is Cc1nc(-c2c(F)cccc2F)sc1C(=O)N1CCC(C)CC1. The van der Waals surface area contributed by atoms with Crippen molar-refractivity contribution in [2.75, 3.05) is 13.1 Å². The molecule has 0 atom stereocenters. The first-order valence-electron chi connectivity index (χ1n) is 7.68. The standard InChI is InChI=1S/C17H18F2N2OS/c1-10-6-8-21(9-7-10)17(22)15-11(2)20-16(23-15)14-12(18)4-3-5-13(14)19/h3-5,10H,6-9H2,1-2H3. The van der Waals surface area contributed by atoms with Gasteiger partial charge in [0.05, 0.1) is 11.3 Å². The maximum absolute atomic E-state index is 13.9.